The Balaban J connectivity index is 2.31. The van der Waals surface area contributed by atoms with Crippen LogP contribution in [0.15, 0.2) is 30.5 Å². The normalized spacial score (nSPS) is 12.6. The molecule has 0 aliphatic rings. The average molecular weight is 246 g/mol. The molecule has 0 radical (unpaired) electrons. The number of aryl methyl sites for hydroxylation is 2. The maximum Gasteiger partial charge on any atom is 0.0686 e. The molecule has 2 heterocycles. The number of nitrogens with one attached hydrogen (secondary N) is 1. The number of nitrogens with zero attached hydrogens (tertiary/aromatic N) is 1. The van der Waals surface area contributed by atoms with Crippen molar-refractivity contribution in [3.63, 3.8) is 0 Å². The van der Waals surface area contributed by atoms with Gasteiger partial charge in [-0.3, -0.25) is 4.98 Å². The molecule has 0 fully saturated rings. The van der Waals surface area contributed by atoms with E-state index in [2.05, 4.69) is 48.4 Å². The van der Waals surface area contributed by atoms with E-state index < -0.39 is 0 Å². The summed E-state index contributed by atoms with van der Waals surface area (Å²) in [6.07, 6.45) is 1.97. The zero-order valence-corrected chi connectivity index (χ0v) is 11.3. The van der Waals surface area contributed by atoms with E-state index in [-0.39, 0.29) is 6.04 Å². The van der Waals surface area contributed by atoms with Crippen molar-refractivity contribution in [2.24, 2.45) is 0 Å². The van der Waals surface area contributed by atoms with Crippen molar-refractivity contribution in [1.82, 2.24) is 10.3 Å². The van der Waals surface area contributed by atoms with Crippen LogP contribution in [0.2, 0.25) is 0 Å². The van der Waals surface area contributed by atoms with Crippen LogP contribution in [-0.4, -0.2) is 11.5 Å². The lowest BCUT2D eigenvalue weighted by atomic mass is 10.1. The molecule has 0 amide bonds. The Morgan fingerprint density at radius 2 is 2.06 bits per heavy atom. The second kappa shape index (κ2) is 5.43. The van der Waals surface area contributed by atoms with Crippen molar-refractivity contribution in [1.29, 1.82) is 0 Å². The predicted molar refractivity (Wildman–Crippen MR) is 73.5 cm³/mol. The molecule has 0 aromatic carbocycles. The van der Waals surface area contributed by atoms with Gasteiger partial charge >= 0.3 is 0 Å². The highest BCUT2D eigenvalue weighted by atomic mass is 32.1. The second-order valence-corrected chi connectivity index (χ2v) is 5.49. The molecule has 17 heavy (non-hydrogen) atoms. The summed E-state index contributed by atoms with van der Waals surface area (Å²) in [5, 5.41) is 3.52. The van der Waals surface area contributed by atoms with Crippen molar-refractivity contribution in [2.45, 2.75) is 26.8 Å². The number of pyridine rings is 1. The fourth-order valence-electron chi connectivity index (χ4n) is 1.85. The lowest BCUT2D eigenvalue weighted by Crippen LogP contribution is -2.21. The van der Waals surface area contributed by atoms with Crippen molar-refractivity contribution >= 4 is 11.3 Å². The fourth-order valence-corrected chi connectivity index (χ4v) is 2.83. The molecule has 2 nitrogen and oxygen atoms in total. The van der Waals surface area contributed by atoms with Crippen LogP contribution in [0, 0.1) is 13.8 Å². The third-order valence-corrected chi connectivity index (χ3v) is 3.79. The third-order valence-electron chi connectivity index (χ3n) is 2.72. The summed E-state index contributed by atoms with van der Waals surface area (Å²) in [5.74, 6) is 0. The summed E-state index contributed by atoms with van der Waals surface area (Å²) < 4.78 is 0. The molecule has 2 aromatic heterocycles. The first-order valence-electron chi connectivity index (χ1n) is 5.93. The SMILES string of the molecule is CCNC(c1ccc(C)nc1)c1ccc(C)s1. The third kappa shape index (κ3) is 2.93. The van der Waals surface area contributed by atoms with Crippen LogP contribution in [0.3, 0.4) is 0 Å². The molecule has 0 aliphatic carbocycles. The summed E-state index contributed by atoms with van der Waals surface area (Å²) in [4.78, 5) is 7.09. The van der Waals surface area contributed by atoms with Crippen molar-refractivity contribution in [2.75, 3.05) is 6.54 Å². The Bertz CT molecular complexity index is 473. The van der Waals surface area contributed by atoms with E-state index >= 15 is 0 Å². The predicted octanol–water partition coefficient (Wildman–Crippen LogP) is 3.46. The standard InChI is InChI=1S/C14H18N2S/c1-4-15-14(13-8-6-11(3)17-13)12-7-5-10(2)16-9-12/h5-9,14-15H,4H2,1-3H3. The van der Waals surface area contributed by atoms with Crippen LogP contribution in [-0.2, 0) is 0 Å². The number of aromatic nitrogens is 1. The summed E-state index contributed by atoms with van der Waals surface area (Å²) in [5.41, 5.74) is 2.30. The van der Waals surface area contributed by atoms with E-state index in [1.165, 1.54) is 15.3 Å². The van der Waals surface area contributed by atoms with Crippen LogP contribution < -0.4 is 5.32 Å². The highest BCUT2D eigenvalue weighted by molar-refractivity contribution is 7.12. The molecule has 0 saturated carbocycles. The number of thiophene rings is 1. The molecule has 2 aromatic rings. The Labute approximate surface area is 107 Å². The molecule has 90 valence electrons. The molecule has 3 heteroatoms. The van der Waals surface area contributed by atoms with E-state index in [1.807, 2.05) is 24.5 Å². The lowest BCUT2D eigenvalue weighted by molar-refractivity contribution is 0.637. The van der Waals surface area contributed by atoms with E-state index in [0.717, 1.165) is 12.2 Å². The molecular formula is C14H18N2S. The smallest absolute Gasteiger partial charge is 0.0686 e. The van der Waals surface area contributed by atoms with Crippen LogP contribution in [0.1, 0.15) is 34.0 Å². The van der Waals surface area contributed by atoms with Gasteiger partial charge in [-0.2, -0.15) is 0 Å². The van der Waals surface area contributed by atoms with Gasteiger partial charge in [0.1, 0.15) is 0 Å². The van der Waals surface area contributed by atoms with Gasteiger partial charge in [0.15, 0.2) is 0 Å². The van der Waals surface area contributed by atoms with Gasteiger partial charge in [-0.1, -0.05) is 13.0 Å². The van der Waals surface area contributed by atoms with Gasteiger partial charge in [0, 0.05) is 21.6 Å². The van der Waals surface area contributed by atoms with Gasteiger partial charge in [-0.25, -0.2) is 0 Å². The quantitative estimate of drug-likeness (QED) is 0.893. The van der Waals surface area contributed by atoms with Crippen molar-refractivity contribution in [3.05, 3.63) is 51.5 Å². The van der Waals surface area contributed by atoms with Gasteiger partial charge in [0.25, 0.3) is 0 Å². The minimum atomic E-state index is 0.270. The monoisotopic (exact) mass is 246 g/mol. The Hall–Kier alpha value is -1.19. The summed E-state index contributed by atoms with van der Waals surface area (Å²) in [6, 6.07) is 8.87. The molecule has 1 unspecified atom stereocenters. The number of rotatable bonds is 4. The van der Waals surface area contributed by atoms with E-state index in [9.17, 15) is 0 Å². The molecule has 2 rings (SSSR count). The fraction of sp³-hybridized carbons (Fsp3) is 0.357. The zero-order valence-electron chi connectivity index (χ0n) is 10.5. The van der Waals surface area contributed by atoms with Gasteiger partial charge in [-0.05, 0) is 44.2 Å². The van der Waals surface area contributed by atoms with E-state index in [1.54, 1.807) is 0 Å². The first-order chi connectivity index (χ1) is 8.20. The maximum absolute atomic E-state index is 4.38. The Morgan fingerprint density at radius 1 is 1.24 bits per heavy atom. The summed E-state index contributed by atoms with van der Waals surface area (Å²) in [7, 11) is 0. The minimum Gasteiger partial charge on any atom is -0.306 e. The van der Waals surface area contributed by atoms with Crippen molar-refractivity contribution in [3.8, 4) is 0 Å². The highest BCUT2D eigenvalue weighted by Crippen LogP contribution is 2.27. The second-order valence-electron chi connectivity index (χ2n) is 4.17. The summed E-state index contributed by atoms with van der Waals surface area (Å²) in [6.45, 7) is 7.25. The topological polar surface area (TPSA) is 24.9 Å². The van der Waals surface area contributed by atoms with Crippen molar-refractivity contribution < 1.29 is 0 Å². The molecule has 0 bridgehead atoms. The Kier molecular flexibility index (Phi) is 3.92. The number of hydrogen-bond acceptors (Lipinski definition) is 3. The molecule has 0 spiro atoms. The van der Waals surface area contributed by atoms with Crippen LogP contribution in [0.25, 0.3) is 0 Å². The number of hydrogen-bond donors (Lipinski definition) is 1. The minimum absolute atomic E-state index is 0.270. The zero-order chi connectivity index (χ0) is 12.3. The van der Waals surface area contributed by atoms with Gasteiger partial charge in [-0.15, -0.1) is 11.3 Å². The van der Waals surface area contributed by atoms with Crippen LogP contribution >= 0.6 is 11.3 Å². The average Bonchev–Trinajstić information content (AvgIpc) is 2.74. The molecule has 1 N–H and O–H groups in total. The molecule has 0 saturated heterocycles. The Morgan fingerprint density at radius 3 is 2.59 bits per heavy atom. The first-order valence-corrected chi connectivity index (χ1v) is 6.74. The van der Waals surface area contributed by atoms with E-state index in [4.69, 9.17) is 0 Å². The van der Waals surface area contributed by atoms with Crippen LogP contribution in [0.5, 0.6) is 0 Å². The van der Waals surface area contributed by atoms with Gasteiger partial charge in [0.2, 0.25) is 0 Å². The van der Waals surface area contributed by atoms with Gasteiger partial charge in [0.05, 0.1) is 6.04 Å². The molecular weight excluding hydrogens is 228 g/mol. The summed E-state index contributed by atoms with van der Waals surface area (Å²) >= 11 is 1.84. The lowest BCUT2D eigenvalue weighted by Gasteiger charge is -2.16. The maximum atomic E-state index is 4.38. The first kappa shape index (κ1) is 12.3. The van der Waals surface area contributed by atoms with E-state index in [0.29, 0.717) is 0 Å². The van der Waals surface area contributed by atoms with Gasteiger partial charge < -0.3 is 5.32 Å². The highest BCUT2D eigenvalue weighted by Gasteiger charge is 2.14. The largest absolute Gasteiger partial charge is 0.306 e. The van der Waals surface area contributed by atoms with Crippen LogP contribution in [0.4, 0.5) is 0 Å². The molecule has 0 aliphatic heterocycles. The molecule has 1 atom stereocenters.